The van der Waals surface area contributed by atoms with Crippen LogP contribution in [0.25, 0.3) is 97.0 Å². The predicted molar refractivity (Wildman–Crippen MR) is 195 cm³/mol. The SMILES string of the molecule is CC(C)(C)c1ccc2c(c1)c1c3cccc4ccc5c6ccc(C(C)(C)C)cc6c6c7cccc8ccc2c(c87)c1c6c5c43. The highest BCUT2D eigenvalue weighted by Gasteiger charge is 2.27. The van der Waals surface area contributed by atoms with Crippen LogP contribution in [0.15, 0.2) is 97.1 Å². The van der Waals surface area contributed by atoms with E-state index in [4.69, 9.17) is 0 Å². The molecule has 210 valence electrons. The van der Waals surface area contributed by atoms with Crippen molar-refractivity contribution in [3.05, 3.63) is 108 Å². The zero-order valence-corrected chi connectivity index (χ0v) is 26.2. The molecule has 0 spiro atoms. The predicted octanol–water partition coefficient (Wildman–Crippen LogP) is 13.0. The van der Waals surface area contributed by atoms with Crippen molar-refractivity contribution >= 4 is 97.0 Å². The van der Waals surface area contributed by atoms with Crippen LogP contribution in [-0.4, -0.2) is 0 Å². The van der Waals surface area contributed by atoms with Crippen molar-refractivity contribution in [3.8, 4) is 0 Å². The lowest BCUT2D eigenvalue weighted by Gasteiger charge is -2.26. The Hall–Kier alpha value is -4.68. The molecule has 10 rings (SSSR count). The topological polar surface area (TPSA) is 0 Å². The van der Waals surface area contributed by atoms with Gasteiger partial charge in [0.25, 0.3) is 0 Å². The Labute approximate surface area is 256 Å². The van der Waals surface area contributed by atoms with Gasteiger partial charge in [-0.1, -0.05) is 126 Å². The third kappa shape index (κ3) is 2.85. The Balaban J connectivity index is 1.66. The zero-order valence-electron chi connectivity index (χ0n) is 26.2. The lowest BCUT2D eigenvalue weighted by Crippen LogP contribution is -2.11. The monoisotopic (exact) mass is 562 g/mol. The molecule has 44 heavy (non-hydrogen) atoms. The Bertz CT molecular complexity index is 2620. The van der Waals surface area contributed by atoms with Gasteiger partial charge in [-0.15, -0.1) is 0 Å². The smallest absolute Gasteiger partial charge is 0.0000708 e. The molecule has 0 saturated heterocycles. The van der Waals surface area contributed by atoms with Crippen LogP contribution in [-0.2, 0) is 10.8 Å². The lowest BCUT2D eigenvalue weighted by molar-refractivity contribution is 0.591. The summed E-state index contributed by atoms with van der Waals surface area (Å²) in [7, 11) is 0. The molecule has 0 heteroatoms. The minimum Gasteiger partial charge on any atom is -0.0610 e. The molecule has 0 radical (unpaired) electrons. The number of hydrogen-bond donors (Lipinski definition) is 0. The average molecular weight is 563 g/mol. The first-order valence-corrected chi connectivity index (χ1v) is 16.0. The quantitative estimate of drug-likeness (QED) is 0.127. The van der Waals surface area contributed by atoms with Crippen LogP contribution < -0.4 is 0 Å². The molecule has 0 amide bonds. The molecule has 10 aromatic rings. The van der Waals surface area contributed by atoms with E-state index >= 15 is 0 Å². The van der Waals surface area contributed by atoms with Crippen molar-refractivity contribution in [1.82, 2.24) is 0 Å². The maximum Gasteiger partial charge on any atom is -0.0000708 e. The Morgan fingerprint density at radius 2 is 0.705 bits per heavy atom. The molecule has 0 unspecified atom stereocenters. The van der Waals surface area contributed by atoms with Gasteiger partial charge in [-0.05, 0) is 131 Å². The van der Waals surface area contributed by atoms with Gasteiger partial charge in [-0.25, -0.2) is 0 Å². The van der Waals surface area contributed by atoms with E-state index in [1.165, 1.54) is 108 Å². The van der Waals surface area contributed by atoms with E-state index in [0.29, 0.717) is 0 Å². The second-order valence-corrected chi connectivity index (χ2v) is 15.3. The number of benzene rings is 10. The lowest BCUT2D eigenvalue weighted by atomic mass is 9.76. The second-order valence-electron chi connectivity index (χ2n) is 15.3. The van der Waals surface area contributed by atoms with Crippen molar-refractivity contribution < 1.29 is 0 Å². The third-order valence-corrected chi connectivity index (χ3v) is 10.8. The Morgan fingerprint density at radius 3 is 1.11 bits per heavy atom. The largest absolute Gasteiger partial charge is 0.0610 e. The fourth-order valence-electron chi connectivity index (χ4n) is 8.63. The molecule has 0 fully saturated rings. The molecule has 10 aromatic carbocycles. The van der Waals surface area contributed by atoms with Crippen molar-refractivity contribution in [2.45, 2.75) is 52.4 Å². The summed E-state index contributed by atoms with van der Waals surface area (Å²) in [5, 5.41) is 25.0. The van der Waals surface area contributed by atoms with Crippen LogP contribution in [0.5, 0.6) is 0 Å². The van der Waals surface area contributed by atoms with E-state index in [1.54, 1.807) is 0 Å². The normalized spacial score (nSPS) is 13.7. The summed E-state index contributed by atoms with van der Waals surface area (Å²) >= 11 is 0. The maximum atomic E-state index is 2.51. The van der Waals surface area contributed by atoms with Crippen LogP contribution in [0.3, 0.4) is 0 Å². The van der Waals surface area contributed by atoms with Gasteiger partial charge in [-0.3, -0.25) is 0 Å². The van der Waals surface area contributed by atoms with Crippen LogP contribution in [0.1, 0.15) is 52.7 Å². The van der Waals surface area contributed by atoms with Gasteiger partial charge < -0.3 is 0 Å². The van der Waals surface area contributed by atoms with Crippen molar-refractivity contribution in [2.75, 3.05) is 0 Å². The minimum atomic E-state index is 0.0625. The van der Waals surface area contributed by atoms with E-state index < -0.39 is 0 Å². The van der Waals surface area contributed by atoms with Crippen LogP contribution in [0.2, 0.25) is 0 Å². The van der Waals surface area contributed by atoms with E-state index in [0.717, 1.165) is 0 Å². The highest BCUT2D eigenvalue weighted by atomic mass is 14.3. The fraction of sp³-hybridized carbons (Fsp3) is 0.182. The molecule has 0 aliphatic rings. The van der Waals surface area contributed by atoms with Crippen LogP contribution in [0, 0.1) is 0 Å². The van der Waals surface area contributed by atoms with Crippen molar-refractivity contribution in [2.24, 2.45) is 0 Å². The minimum absolute atomic E-state index is 0.0625. The molecule has 0 nitrogen and oxygen atoms in total. The zero-order chi connectivity index (χ0) is 29.9. The first-order valence-electron chi connectivity index (χ1n) is 16.0. The van der Waals surface area contributed by atoms with Gasteiger partial charge >= 0.3 is 0 Å². The maximum absolute atomic E-state index is 2.51. The molecule has 0 aliphatic heterocycles. The highest BCUT2D eigenvalue weighted by Crippen LogP contribution is 2.55. The second kappa shape index (κ2) is 7.69. The Kier molecular flexibility index (Phi) is 4.32. The fourth-order valence-corrected chi connectivity index (χ4v) is 8.63. The molecule has 0 saturated carbocycles. The van der Waals surface area contributed by atoms with E-state index in [-0.39, 0.29) is 10.8 Å². The summed E-state index contributed by atoms with van der Waals surface area (Å²) in [4.78, 5) is 0. The third-order valence-electron chi connectivity index (χ3n) is 10.8. The summed E-state index contributed by atoms with van der Waals surface area (Å²) in [6.07, 6.45) is 0. The molecule has 0 aromatic heterocycles. The van der Waals surface area contributed by atoms with Gasteiger partial charge in [0.05, 0.1) is 0 Å². The molecule has 0 aliphatic carbocycles. The molecule has 0 N–H and O–H groups in total. The molecular formula is C44H34. The first-order chi connectivity index (χ1) is 21.1. The van der Waals surface area contributed by atoms with Crippen molar-refractivity contribution in [3.63, 3.8) is 0 Å². The van der Waals surface area contributed by atoms with Crippen LogP contribution >= 0.6 is 0 Å². The van der Waals surface area contributed by atoms with Gasteiger partial charge in [0.15, 0.2) is 0 Å². The van der Waals surface area contributed by atoms with E-state index in [2.05, 4.69) is 139 Å². The first kappa shape index (κ1) is 24.7. The van der Waals surface area contributed by atoms with Crippen molar-refractivity contribution in [1.29, 1.82) is 0 Å². The van der Waals surface area contributed by atoms with Gasteiger partial charge in [0.1, 0.15) is 0 Å². The summed E-state index contributed by atoms with van der Waals surface area (Å²) < 4.78 is 0. The molecule has 0 heterocycles. The van der Waals surface area contributed by atoms with Gasteiger partial charge in [0.2, 0.25) is 0 Å². The standard InChI is InChI=1S/C44H34/c1-43(2,3)25-15-19-27-29-17-13-24-10-8-12-32-36(24)39(29)41-37(33(27)21-25)31-11-7-9-23-14-18-30-28-20-16-26(44(4,5)6)22-34(28)38(32)42(41)40(30)35(23)31/h7-22H,1-6H3. The van der Waals surface area contributed by atoms with Gasteiger partial charge in [-0.2, -0.15) is 0 Å². The summed E-state index contributed by atoms with van der Waals surface area (Å²) in [5.74, 6) is 0. The Morgan fingerprint density at radius 1 is 0.295 bits per heavy atom. The molecule has 0 bridgehead atoms. The number of rotatable bonds is 0. The van der Waals surface area contributed by atoms with Crippen LogP contribution in [0.4, 0.5) is 0 Å². The summed E-state index contributed by atoms with van der Waals surface area (Å²) in [6.45, 7) is 14.0. The summed E-state index contributed by atoms with van der Waals surface area (Å²) in [5.41, 5.74) is 2.89. The average Bonchev–Trinajstić information content (AvgIpc) is 3.01. The number of fused-ring (bicyclic) bond motifs is 8. The van der Waals surface area contributed by atoms with E-state index in [1.807, 2.05) is 0 Å². The summed E-state index contributed by atoms with van der Waals surface area (Å²) in [6, 6.07) is 38.0. The van der Waals surface area contributed by atoms with Gasteiger partial charge in [0, 0.05) is 0 Å². The number of hydrogen-bond acceptors (Lipinski definition) is 0. The molecule has 0 atom stereocenters. The highest BCUT2D eigenvalue weighted by molar-refractivity contribution is 6.54. The molecular weight excluding hydrogens is 528 g/mol. The van der Waals surface area contributed by atoms with E-state index in [9.17, 15) is 0 Å².